The second-order valence-electron chi connectivity index (χ2n) is 7.35. The summed E-state index contributed by atoms with van der Waals surface area (Å²) in [5.41, 5.74) is 1.47. The number of carbonyl (C=O) groups is 2. The van der Waals surface area contributed by atoms with Crippen LogP contribution in [0.3, 0.4) is 0 Å². The Bertz CT molecular complexity index is 1030. The summed E-state index contributed by atoms with van der Waals surface area (Å²) in [6.07, 6.45) is 0.985. The average Bonchev–Trinajstić information content (AvgIpc) is 2.76. The highest BCUT2D eigenvalue weighted by Crippen LogP contribution is 2.29. The van der Waals surface area contributed by atoms with Crippen molar-refractivity contribution in [2.45, 2.75) is 32.9 Å². The van der Waals surface area contributed by atoms with Crippen LogP contribution in [0.1, 0.15) is 25.8 Å². The van der Waals surface area contributed by atoms with Gasteiger partial charge >= 0.3 is 6.09 Å². The van der Waals surface area contributed by atoms with Crippen molar-refractivity contribution < 1.29 is 27.5 Å². The standard InChI is InChI=1S/C22H29N3O6S/c1-5-15(2)20(24-22(27)31-14-16-9-7-6-8-10-16)21(26)23-17-11-12-18(19(13-17)30-3)25-32(4,28)29/h6-13,15,20,25H,5,14H2,1-4H3,(H,23,26)(H,24,27)/t15-,20-/m0/s1. The van der Waals surface area contributed by atoms with Crippen LogP contribution in [0.15, 0.2) is 48.5 Å². The molecule has 32 heavy (non-hydrogen) atoms. The molecule has 0 heterocycles. The monoisotopic (exact) mass is 463 g/mol. The highest BCUT2D eigenvalue weighted by molar-refractivity contribution is 7.92. The molecule has 0 unspecified atom stereocenters. The summed E-state index contributed by atoms with van der Waals surface area (Å²) < 4.78 is 35.8. The summed E-state index contributed by atoms with van der Waals surface area (Å²) in [6.45, 7) is 3.85. The number of hydrogen-bond donors (Lipinski definition) is 3. The van der Waals surface area contributed by atoms with E-state index in [1.54, 1.807) is 0 Å². The fourth-order valence-electron chi connectivity index (χ4n) is 2.87. The van der Waals surface area contributed by atoms with Crippen molar-refractivity contribution in [3.8, 4) is 5.75 Å². The smallest absolute Gasteiger partial charge is 0.408 e. The van der Waals surface area contributed by atoms with E-state index in [2.05, 4.69) is 15.4 Å². The summed E-state index contributed by atoms with van der Waals surface area (Å²) in [6, 6.07) is 12.9. The van der Waals surface area contributed by atoms with Crippen molar-refractivity contribution >= 4 is 33.4 Å². The lowest BCUT2D eigenvalue weighted by Crippen LogP contribution is -2.47. The summed E-state index contributed by atoms with van der Waals surface area (Å²) >= 11 is 0. The van der Waals surface area contributed by atoms with Crippen molar-refractivity contribution in [1.29, 1.82) is 0 Å². The molecule has 10 heteroatoms. The zero-order chi connectivity index (χ0) is 23.7. The number of rotatable bonds is 10. The van der Waals surface area contributed by atoms with E-state index in [0.717, 1.165) is 11.8 Å². The van der Waals surface area contributed by atoms with E-state index >= 15 is 0 Å². The van der Waals surface area contributed by atoms with Gasteiger partial charge in [-0.25, -0.2) is 13.2 Å². The van der Waals surface area contributed by atoms with Crippen LogP contribution in [-0.4, -0.2) is 39.8 Å². The van der Waals surface area contributed by atoms with Crippen LogP contribution in [0.4, 0.5) is 16.2 Å². The first-order chi connectivity index (χ1) is 15.1. The molecule has 0 saturated carbocycles. The van der Waals surface area contributed by atoms with Crippen molar-refractivity contribution in [3.05, 3.63) is 54.1 Å². The molecule has 0 aliphatic carbocycles. The number of carbonyl (C=O) groups excluding carboxylic acids is 2. The third kappa shape index (κ3) is 7.77. The minimum absolute atomic E-state index is 0.0908. The van der Waals surface area contributed by atoms with Crippen molar-refractivity contribution in [2.75, 3.05) is 23.4 Å². The number of benzene rings is 2. The van der Waals surface area contributed by atoms with Gasteiger partial charge in [-0.2, -0.15) is 0 Å². The highest BCUT2D eigenvalue weighted by Gasteiger charge is 2.27. The van der Waals surface area contributed by atoms with Crippen molar-refractivity contribution in [3.63, 3.8) is 0 Å². The van der Waals surface area contributed by atoms with Gasteiger partial charge in [0.2, 0.25) is 15.9 Å². The second kappa shape index (κ2) is 11.4. The van der Waals surface area contributed by atoms with E-state index in [1.807, 2.05) is 44.2 Å². The summed E-state index contributed by atoms with van der Waals surface area (Å²) in [4.78, 5) is 25.2. The molecular formula is C22H29N3O6S. The Morgan fingerprint density at radius 1 is 1.09 bits per heavy atom. The second-order valence-corrected chi connectivity index (χ2v) is 9.10. The number of amides is 2. The van der Waals surface area contributed by atoms with Crippen LogP contribution in [0.5, 0.6) is 5.75 Å². The van der Waals surface area contributed by atoms with Gasteiger partial charge in [0.05, 0.1) is 19.1 Å². The number of sulfonamides is 1. The summed E-state index contributed by atoms with van der Waals surface area (Å²) in [5.74, 6) is -0.349. The zero-order valence-corrected chi connectivity index (χ0v) is 19.4. The molecule has 0 aliphatic heterocycles. The van der Waals surface area contributed by atoms with Gasteiger partial charge in [-0.05, 0) is 23.6 Å². The highest BCUT2D eigenvalue weighted by atomic mass is 32.2. The molecule has 2 aromatic rings. The van der Waals surface area contributed by atoms with E-state index < -0.39 is 28.1 Å². The molecular weight excluding hydrogens is 434 g/mol. The molecule has 174 valence electrons. The van der Waals surface area contributed by atoms with Crippen molar-refractivity contribution in [1.82, 2.24) is 5.32 Å². The predicted molar refractivity (Wildman–Crippen MR) is 123 cm³/mol. The van der Waals surface area contributed by atoms with Gasteiger partial charge in [-0.1, -0.05) is 50.6 Å². The maximum absolute atomic E-state index is 12.9. The SMILES string of the molecule is CC[C@H](C)[C@H](NC(=O)OCc1ccccc1)C(=O)Nc1ccc(NS(C)(=O)=O)c(OC)c1. The van der Waals surface area contributed by atoms with Gasteiger partial charge in [-0.15, -0.1) is 0 Å². The number of nitrogens with one attached hydrogen (secondary N) is 3. The average molecular weight is 464 g/mol. The Labute approximate surface area is 188 Å². The van der Waals surface area contributed by atoms with E-state index in [0.29, 0.717) is 12.1 Å². The molecule has 0 fully saturated rings. The maximum Gasteiger partial charge on any atom is 0.408 e. The molecule has 0 radical (unpaired) electrons. The fraction of sp³-hybridized carbons (Fsp3) is 0.364. The Morgan fingerprint density at radius 3 is 2.38 bits per heavy atom. The van der Waals surface area contributed by atoms with Crippen LogP contribution in [-0.2, 0) is 26.2 Å². The van der Waals surface area contributed by atoms with Gasteiger partial charge in [-0.3, -0.25) is 9.52 Å². The quantitative estimate of drug-likeness (QED) is 0.497. The van der Waals surface area contributed by atoms with Gasteiger partial charge in [0.25, 0.3) is 0 Å². The molecule has 0 aromatic heterocycles. The van der Waals surface area contributed by atoms with Crippen LogP contribution in [0.2, 0.25) is 0 Å². The topological polar surface area (TPSA) is 123 Å². The fourth-order valence-corrected chi connectivity index (χ4v) is 3.43. The number of methoxy groups -OCH3 is 1. The molecule has 2 rings (SSSR count). The molecule has 0 spiro atoms. The summed E-state index contributed by atoms with van der Waals surface area (Å²) in [5, 5.41) is 5.37. The Hall–Kier alpha value is -3.27. The normalized spacial score (nSPS) is 12.9. The molecule has 0 aliphatic rings. The van der Waals surface area contributed by atoms with Crippen LogP contribution >= 0.6 is 0 Å². The van der Waals surface area contributed by atoms with E-state index in [9.17, 15) is 18.0 Å². The lowest BCUT2D eigenvalue weighted by Gasteiger charge is -2.23. The predicted octanol–water partition coefficient (Wildman–Crippen LogP) is 3.35. The van der Waals surface area contributed by atoms with Crippen LogP contribution < -0.4 is 20.1 Å². The van der Waals surface area contributed by atoms with Gasteiger partial charge in [0, 0.05) is 11.8 Å². The minimum Gasteiger partial charge on any atom is -0.494 e. The van der Waals surface area contributed by atoms with Crippen molar-refractivity contribution in [2.24, 2.45) is 5.92 Å². The van der Waals surface area contributed by atoms with Crippen LogP contribution in [0, 0.1) is 5.92 Å². The Balaban J connectivity index is 2.08. The minimum atomic E-state index is -3.49. The number of hydrogen-bond acceptors (Lipinski definition) is 6. The number of ether oxygens (including phenoxy) is 2. The van der Waals surface area contributed by atoms with Crippen LogP contribution in [0.25, 0.3) is 0 Å². The molecule has 2 atom stereocenters. The van der Waals surface area contributed by atoms with E-state index in [1.165, 1.54) is 25.3 Å². The van der Waals surface area contributed by atoms with E-state index in [-0.39, 0.29) is 24.0 Å². The lowest BCUT2D eigenvalue weighted by molar-refractivity contribution is -0.119. The van der Waals surface area contributed by atoms with Gasteiger partial charge in [0.15, 0.2) is 0 Å². The van der Waals surface area contributed by atoms with Gasteiger partial charge in [0.1, 0.15) is 18.4 Å². The summed E-state index contributed by atoms with van der Waals surface area (Å²) in [7, 11) is -2.10. The number of anilines is 2. The Morgan fingerprint density at radius 2 is 1.78 bits per heavy atom. The molecule has 0 saturated heterocycles. The molecule has 2 amide bonds. The molecule has 2 aromatic carbocycles. The first-order valence-electron chi connectivity index (χ1n) is 10.1. The van der Waals surface area contributed by atoms with Gasteiger partial charge < -0.3 is 20.1 Å². The zero-order valence-electron chi connectivity index (χ0n) is 18.5. The number of alkyl carbamates (subject to hydrolysis) is 1. The van der Waals surface area contributed by atoms with E-state index in [4.69, 9.17) is 9.47 Å². The maximum atomic E-state index is 12.9. The third-order valence-electron chi connectivity index (χ3n) is 4.75. The Kier molecular flexibility index (Phi) is 8.89. The largest absolute Gasteiger partial charge is 0.494 e. The first kappa shape index (κ1) is 25.0. The molecule has 0 bridgehead atoms. The molecule has 9 nitrogen and oxygen atoms in total. The first-order valence-corrected chi connectivity index (χ1v) is 12.0. The lowest BCUT2D eigenvalue weighted by atomic mass is 9.98. The molecule has 3 N–H and O–H groups in total. The third-order valence-corrected chi connectivity index (χ3v) is 5.34.